The van der Waals surface area contributed by atoms with E-state index in [1.165, 1.54) is 12.7 Å². The summed E-state index contributed by atoms with van der Waals surface area (Å²) >= 11 is 5.86. The first-order chi connectivity index (χ1) is 8.13. The van der Waals surface area contributed by atoms with Gasteiger partial charge in [-0.15, -0.1) is 0 Å². The van der Waals surface area contributed by atoms with Crippen LogP contribution in [0.5, 0.6) is 0 Å². The number of likely N-dealkylation sites (tertiary alicyclic amines) is 1. The Morgan fingerprint density at radius 3 is 2.59 bits per heavy atom. The summed E-state index contributed by atoms with van der Waals surface area (Å²) in [6.07, 6.45) is 0.880. The van der Waals surface area contributed by atoms with Crippen molar-refractivity contribution in [2.45, 2.75) is 25.4 Å². The number of carbonyl (C=O) groups excluding carboxylic acids is 1. The Hall–Kier alpha value is -1.06. The minimum Gasteiger partial charge on any atom is -0.468 e. The van der Waals surface area contributed by atoms with Gasteiger partial charge in [0.2, 0.25) is 0 Å². The van der Waals surface area contributed by atoms with Crippen LogP contribution < -0.4 is 0 Å². The van der Waals surface area contributed by atoms with Crippen molar-refractivity contribution in [1.29, 1.82) is 0 Å². The van der Waals surface area contributed by atoms with Crippen LogP contribution in [0.3, 0.4) is 0 Å². The van der Waals surface area contributed by atoms with Crippen molar-refractivity contribution in [1.82, 2.24) is 4.90 Å². The molecule has 0 aliphatic carbocycles. The van der Waals surface area contributed by atoms with Crippen LogP contribution in [-0.4, -0.2) is 30.6 Å². The fourth-order valence-electron chi connectivity index (χ4n) is 2.19. The fraction of sp³-hybridized carbons (Fsp3) is 0.462. The van der Waals surface area contributed by atoms with Crippen LogP contribution in [0.2, 0.25) is 5.02 Å². The van der Waals surface area contributed by atoms with Gasteiger partial charge in [-0.2, -0.15) is 0 Å². The Kier molecular flexibility index (Phi) is 3.69. The maximum absolute atomic E-state index is 11.5. The third-order valence-corrected chi connectivity index (χ3v) is 3.64. The molecule has 1 saturated heterocycles. The van der Waals surface area contributed by atoms with Crippen LogP contribution >= 0.6 is 11.6 Å². The number of nitrogens with zero attached hydrogens (tertiary/aromatic N) is 1. The van der Waals surface area contributed by atoms with Crippen molar-refractivity contribution < 1.29 is 9.53 Å². The van der Waals surface area contributed by atoms with Crippen molar-refractivity contribution in [2.75, 3.05) is 13.7 Å². The molecule has 0 amide bonds. The van der Waals surface area contributed by atoms with E-state index < -0.39 is 0 Å². The van der Waals surface area contributed by atoms with Gasteiger partial charge in [-0.1, -0.05) is 23.7 Å². The maximum Gasteiger partial charge on any atom is 0.323 e. The largest absolute Gasteiger partial charge is 0.468 e. The van der Waals surface area contributed by atoms with Crippen LogP contribution in [0.25, 0.3) is 0 Å². The quantitative estimate of drug-likeness (QED) is 0.776. The zero-order valence-corrected chi connectivity index (χ0v) is 10.8. The molecular weight excluding hydrogens is 238 g/mol. The van der Waals surface area contributed by atoms with E-state index in [4.69, 9.17) is 16.3 Å². The monoisotopic (exact) mass is 253 g/mol. The number of hydrogen-bond donors (Lipinski definition) is 0. The third kappa shape index (κ3) is 2.45. The van der Waals surface area contributed by atoms with Crippen molar-refractivity contribution in [2.24, 2.45) is 0 Å². The highest BCUT2D eigenvalue weighted by Gasteiger charge is 2.38. The zero-order chi connectivity index (χ0) is 12.4. The maximum atomic E-state index is 11.5. The van der Waals surface area contributed by atoms with Crippen molar-refractivity contribution in [3.8, 4) is 0 Å². The normalized spacial score (nSPS) is 21.7. The van der Waals surface area contributed by atoms with Gasteiger partial charge in [-0.05, 0) is 31.0 Å². The predicted octanol–water partition coefficient (Wildman–Crippen LogP) is 2.65. The molecule has 1 aromatic rings. The van der Waals surface area contributed by atoms with Gasteiger partial charge in [0.1, 0.15) is 6.04 Å². The number of halogens is 1. The van der Waals surface area contributed by atoms with Crippen molar-refractivity contribution in [3.63, 3.8) is 0 Å². The molecule has 0 bridgehead atoms. The van der Waals surface area contributed by atoms with E-state index in [1.807, 2.05) is 24.3 Å². The second kappa shape index (κ2) is 5.07. The molecule has 92 valence electrons. The van der Waals surface area contributed by atoms with Gasteiger partial charge in [0.15, 0.2) is 0 Å². The van der Waals surface area contributed by atoms with E-state index in [1.54, 1.807) is 0 Å². The highest BCUT2D eigenvalue weighted by Crippen LogP contribution is 2.31. The molecule has 2 unspecified atom stereocenters. The van der Waals surface area contributed by atoms with Crippen molar-refractivity contribution in [3.05, 3.63) is 34.9 Å². The van der Waals surface area contributed by atoms with E-state index in [0.29, 0.717) is 0 Å². The van der Waals surface area contributed by atoms with Gasteiger partial charge in [0.05, 0.1) is 7.11 Å². The molecule has 17 heavy (non-hydrogen) atoms. The molecule has 1 aliphatic heterocycles. The number of esters is 1. The Labute approximate surface area is 106 Å². The Morgan fingerprint density at radius 1 is 1.47 bits per heavy atom. The molecule has 0 spiro atoms. The van der Waals surface area contributed by atoms with E-state index >= 15 is 0 Å². The third-order valence-electron chi connectivity index (χ3n) is 3.38. The number of hydrogen-bond acceptors (Lipinski definition) is 3. The first-order valence-corrected chi connectivity index (χ1v) is 6.10. The van der Waals surface area contributed by atoms with Gasteiger partial charge >= 0.3 is 5.97 Å². The van der Waals surface area contributed by atoms with Gasteiger partial charge in [-0.3, -0.25) is 9.69 Å². The topological polar surface area (TPSA) is 29.5 Å². The molecule has 1 aliphatic rings. The summed E-state index contributed by atoms with van der Waals surface area (Å²) in [4.78, 5) is 13.7. The number of methoxy groups -OCH3 is 1. The zero-order valence-electron chi connectivity index (χ0n) is 10.0. The molecule has 3 nitrogen and oxygen atoms in total. The molecule has 0 saturated carbocycles. The molecule has 4 heteroatoms. The first-order valence-electron chi connectivity index (χ1n) is 5.72. The lowest BCUT2D eigenvalue weighted by atomic mass is 9.96. The van der Waals surface area contributed by atoms with Crippen molar-refractivity contribution >= 4 is 17.6 Å². The molecule has 2 rings (SSSR count). The Bertz CT molecular complexity index is 404. The summed E-state index contributed by atoms with van der Waals surface area (Å²) in [6, 6.07) is 7.87. The van der Waals surface area contributed by atoms with E-state index in [2.05, 4.69) is 11.8 Å². The average Bonchev–Trinajstić information content (AvgIpc) is 2.28. The van der Waals surface area contributed by atoms with Gasteiger partial charge in [0.25, 0.3) is 0 Å². The SMILES string of the molecule is COC(=O)C1CCN1C(C)c1ccc(Cl)cc1. The molecule has 1 fully saturated rings. The molecule has 2 atom stereocenters. The molecular formula is C13H16ClNO2. The highest BCUT2D eigenvalue weighted by atomic mass is 35.5. The lowest BCUT2D eigenvalue weighted by molar-refractivity contribution is -0.153. The van der Waals surface area contributed by atoms with Gasteiger partial charge in [-0.25, -0.2) is 0 Å². The number of carbonyl (C=O) groups is 1. The minimum absolute atomic E-state index is 0.0920. The second-order valence-electron chi connectivity index (χ2n) is 4.29. The minimum atomic E-state index is -0.142. The lowest BCUT2D eigenvalue weighted by Crippen LogP contribution is -2.53. The molecule has 0 radical (unpaired) electrons. The summed E-state index contributed by atoms with van der Waals surface area (Å²) in [6.45, 7) is 3.03. The molecule has 1 heterocycles. The Balaban J connectivity index is 2.07. The molecule has 0 aromatic heterocycles. The van der Waals surface area contributed by atoms with Crippen LogP contribution in [0.1, 0.15) is 24.9 Å². The van der Waals surface area contributed by atoms with Gasteiger partial charge < -0.3 is 4.74 Å². The van der Waals surface area contributed by atoms with Crippen LogP contribution in [0, 0.1) is 0 Å². The van der Waals surface area contributed by atoms with Gasteiger partial charge in [0, 0.05) is 17.6 Å². The second-order valence-corrected chi connectivity index (χ2v) is 4.73. The molecule has 0 N–H and O–H groups in total. The number of rotatable bonds is 3. The van der Waals surface area contributed by atoms with Crippen LogP contribution in [0.4, 0.5) is 0 Å². The summed E-state index contributed by atoms with van der Waals surface area (Å²) in [5, 5.41) is 0.731. The fourth-order valence-corrected chi connectivity index (χ4v) is 2.32. The lowest BCUT2D eigenvalue weighted by Gasteiger charge is -2.43. The van der Waals surface area contributed by atoms with Crippen LogP contribution in [0.15, 0.2) is 24.3 Å². The standard InChI is InChI=1S/C13H16ClNO2/c1-9(10-3-5-11(14)6-4-10)15-8-7-12(15)13(16)17-2/h3-6,9,12H,7-8H2,1-2H3. The summed E-state index contributed by atoms with van der Waals surface area (Å²) in [7, 11) is 1.44. The molecule has 1 aromatic carbocycles. The smallest absolute Gasteiger partial charge is 0.323 e. The summed E-state index contributed by atoms with van der Waals surface area (Å²) in [5.41, 5.74) is 1.17. The number of ether oxygens (including phenoxy) is 1. The summed E-state index contributed by atoms with van der Waals surface area (Å²) in [5.74, 6) is -0.142. The first kappa shape index (κ1) is 12.4. The average molecular weight is 254 g/mol. The number of benzene rings is 1. The predicted molar refractivity (Wildman–Crippen MR) is 67.0 cm³/mol. The highest BCUT2D eigenvalue weighted by molar-refractivity contribution is 6.30. The van der Waals surface area contributed by atoms with E-state index in [-0.39, 0.29) is 18.1 Å². The summed E-state index contributed by atoms with van der Waals surface area (Å²) < 4.78 is 4.79. The Morgan fingerprint density at radius 2 is 2.12 bits per heavy atom. The van der Waals surface area contributed by atoms with E-state index in [9.17, 15) is 4.79 Å². The van der Waals surface area contributed by atoms with E-state index in [0.717, 1.165) is 18.0 Å². The van der Waals surface area contributed by atoms with Crippen LogP contribution in [-0.2, 0) is 9.53 Å².